The normalized spacial score (nSPS) is 22.1. The third-order valence-corrected chi connectivity index (χ3v) is 8.72. The molecule has 12 nitrogen and oxygen atoms in total. The van der Waals surface area contributed by atoms with Crippen LogP contribution in [0, 0.1) is 23.2 Å². The number of alkyl halides is 2. The van der Waals surface area contributed by atoms with E-state index in [4.69, 9.17) is 10.5 Å². The summed E-state index contributed by atoms with van der Waals surface area (Å²) in [4.78, 5) is 79.2. The number of rotatable bonds is 14. The van der Waals surface area contributed by atoms with Crippen molar-refractivity contribution in [2.75, 3.05) is 6.54 Å². The maximum Gasteiger partial charge on any atom is 0.329 e. The number of Topliss-reactive ketones (excluding diaryl/α,β-unsaturated/α-hetero) is 1. The molecule has 2 fully saturated rings. The van der Waals surface area contributed by atoms with Crippen LogP contribution in [0.4, 0.5) is 13.6 Å². The lowest BCUT2D eigenvalue weighted by Crippen LogP contribution is -2.61. The van der Waals surface area contributed by atoms with Crippen molar-refractivity contribution in [2.24, 2.45) is 28.9 Å². The third kappa shape index (κ3) is 9.94. The Balaban J connectivity index is 1.75. The Hall–Kier alpha value is -4.10. The summed E-state index contributed by atoms with van der Waals surface area (Å²) >= 11 is 0. The number of ketones is 1. The van der Waals surface area contributed by atoms with E-state index in [1.807, 2.05) is 25.1 Å². The third-order valence-electron chi connectivity index (χ3n) is 8.72. The van der Waals surface area contributed by atoms with Crippen LogP contribution in [0.5, 0.6) is 0 Å². The predicted octanol–water partition coefficient (Wildman–Crippen LogP) is 2.68. The van der Waals surface area contributed by atoms with Gasteiger partial charge in [-0.15, -0.1) is 0 Å². The van der Waals surface area contributed by atoms with Gasteiger partial charge in [-0.25, -0.2) is 18.4 Å². The molecule has 1 aliphatic heterocycles. The molecule has 5 amide bonds. The molecule has 2 unspecified atom stereocenters. The van der Waals surface area contributed by atoms with Gasteiger partial charge in [-0.05, 0) is 35.7 Å². The van der Waals surface area contributed by atoms with Crippen LogP contribution >= 0.6 is 0 Å². The molecular weight excluding hydrogens is 616 g/mol. The Morgan fingerprint density at radius 2 is 1.66 bits per heavy atom. The fourth-order valence-corrected chi connectivity index (χ4v) is 5.64. The summed E-state index contributed by atoms with van der Waals surface area (Å²) in [5, 5.41) is 7.70. The smallest absolute Gasteiger partial charge is 0.329 e. The largest absolute Gasteiger partial charge is 0.459 e. The average molecular weight is 664 g/mol. The molecule has 2 aliphatic rings. The molecule has 14 heteroatoms. The van der Waals surface area contributed by atoms with E-state index in [0.717, 1.165) is 5.56 Å². The molecule has 5 N–H and O–H groups in total. The number of esters is 1. The molecule has 6 atom stereocenters. The molecule has 1 aromatic carbocycles. The minimum Gasteiger partial charge on any atom is -0.459 e. The van der Waals surface area contributed by atoms with Gasteiger partial charge in [0.15, 0.2) is 0 Å². The van der Waals surface area contributed by atoms with Crippen LogP contribution in [0.3, 0.4) is 0 Å². The summed E-state index contributed by atoms with van der Waals surface area (Å²) in [6.07, 6.45) is -0.103. The molecule has 1 saturated heterocycles. The molecule has 1 aliphatic carbocycles. The Labute approximate surface area is 273 Å². The second-order valence-electron chi connectivity index (χ2n) is 13.9. The van der Waals surface area contributed by atoms with Crippen molar-refractivity contribution >= 4 is 35.5 Å². The number of ether oxygens (including phenoxy) is 1. The number of nitrogens with zero attached hydrogens (tertiary/aromatic N) is 1. The van der Waals surface area contributed by atoms with Crippen molar-refractivity contribution in [1.82, 2.24) is 20.9 Å². The highest BCUT2D eigenvalue weighted by atomic mass is 19.3. The number of hydrogen-bond donors (Lipinski definition) is 4. The van der Waals surface area contributed by atoms with E-state index < -0.39 is 89.8 Å². The van der Waals surface area contributed by atoms with Crippen LogP contribution < -0.4 is 21.7 Å². The van der Waals surface area contributed by atoms with Gasteiger partial charge in [0, 0.05) is 18.9 Å². The quantitative estimate of drug-likeness (QED) is 0.175. The number of carbonyl (C=O) groups excluding carboxylic acids is 6. The number of amides is 5. The van der Waals surface area contributed by atoms with Crippen molar-refractivity contribution in [3.8, 4) is 0 Å². The van der Waals surface area contributed by atoms with Crippen LogP contribution in [0.25, 0.3) is 0 Å². The van der Waals surface area contributed by atoms with Gasteiger partial charge in [0.1, 0.15) is 24.7 Å². The number of primary amides is 1. The Morgan fingerprint density at radius 1 is 1.04 bits per heavy atom. The van der Waals surface area contributed by atoms with Gasteiger partial charge in [-0.2, -0.15) is 0 Å². The SMILES string of the molecule is CC[C@@H]1C[C@@H](C(=O)NC(CC2CC2(F)F)C(=O)C(N)=O)N(C(=O)[C@@H](NC(=O)N[C@H](C(=O)OCc2ccccc2)C(C)C)C(C)(C)C)C1. The van der Waals surface area contributed by atoms with Crippen molar-refractivity contribution < 1.29 is 42.3 Å². The second kappa shape index (κ2) is 15.2. The van der Waals surface area contributed by atoms with E-state index in [2.05, 4.69) is 16.0 Å². The Bertz CT molecular complexity index is 1330. The summed E-state index contributed by atoms with van der Waals surface area (Å²) in [5.74, 6) is -9.21. The highest BCUT2D eigenvalue weighted by molar-refractivity contribution is 6.37. The standard InChI is InChI=1S/C33H47F2N5O7/c1-7-19-13-23(28(43)37-22(25(41)27(36)42)14-21-15-33(21,34)35)40(16-19)29(44)26(32(4,5)6)39-31(46)38-24(18(2)3)30(45)47-17-20-11-9-8-10-12-20/h8-12,18-19,21-24,26H,7,13-17H2,1-6H3,(H2,36,42)(H,37,43)(H2,38,39,46)/t19-,21?,22?,23+,24+,26-/m1/s1. The van der Waals surface area contributed by atoms with Crippen LogP contribution in [0.15, 0.2) is 30.3 Å². The molecule has 1 heterocycles. The van der Waals surface area contributed by atoms with Crippen LogP contribution in [-0.2, 0) is 35.3 Å². The predicted molar refractivity (Wildman–Crippen MR) is 167 cm³/mol. The fourth-order valence-electron chi connectivity index (χ4n) is 5.64. The molecule has 260 valence electrons. The summed E-state index contributed by atoms with van der Waals surface area (Å²) in [6, 6.07) is 3.42. The van der Waals surface area contributed by atoms with Gasteiger partial charge >= 0.3 is 12.0 Å². The molecule has 0 aromatic heterocycles. The van der Waals surface area contributed by atoms with Crippen molar-refractivity contribution in [3.63, 3.8) is 0 Å². The monoisotopic (exact) mass is 663 g/mol. The average Bonchev–Trinajstić information content (AvgIpc) is 3.38. The van der Waals surface area contributed by atoms with Crippen molar-refractivity contribution in [3.05, 3.63) is 35.9 Å². The van der Waals surface area contributed by atoms with Gasteiger partial charge in [-0.1, -0.05) is 78.3 Å². The number of carbonyl (C=O) groups is 6. The zero-order valence-corrected chi connectivity index (χ0v) is 27.8. The Kier molecular flexibility index (Phi) is 12.1. The van der Waals surface area contributed by atoms with Gasteiger partial charge < -0.3 is 31.3 Å². The highest BCUT2D eigenvalue weighted by Gasteiger charge is 2.58. The fraction of sp³-hybridized carbons (Fsp3) is 0.636. The van der Waals surface area contributed by atoms with Crippen LogP contribution in [0.2, 0.25) is 0 Å². The molecule has 47 heavy (non-hydrogen) atoms. The number of likely N-dealkylation sites (tertiary alicyclic amines) is 1. The van der Waals surface area contributed by atoms with Crippen molar-refractivity contribution in [2.45, 2.75) is 104 Å². The van der Waals surface area contributed by atoms with Gasteiger partial charge in [0.2, 0.25) is 17.6 Å². The number of hydrogen-bond acceptors (Lipinski definition) is 7. The lowest BCUT2D eigenvalue weighted by atomic mass is 9.85. The highest BCUT2D eigenvalue weighted by Crippen LogP contribution is 2.51. The van der Waals surface area contributed by atoms with E-state index in [1.165, 1.54) is 4.90 Å². The van der Waals surface area contributed by atoms with E-state index in [1.54, 1.807) is 46.8 Å². The maximum atomic E-state index is 14.1. The minimum absolute atomic E-state index is 0.0152. The van der Waals surface area contributed by atoms with Crippen molar-refractivity contribution in [1.29, 1.82) is 0 Å². The molecule has 3 rings (SSSR count). The van der Waals surface area contributed by atoms with E-state index in [9.17, 15) is 37.5 Å². The number of benzene rings is 1. The zero-order valence-electron chi connectivity index (χ0n) is 27.8. The van der Waals surface area contributed by atoms with Crippen LogP contribution in [0.1, 0.15) is 72.8 Å². The lowest BCUT2D eigenvalue weighted by molar-refractivity contribution is -0.148. The lowest BCUT2D eigenvalue weighted by Gasteiger charge is -2.36. The number of halogens is 2. The molecule has 1 aromatic rings. The molecular formula is C33H47F2N5O7. The molecule has 0 spiro atoms. The number of urea groups is 1. The summed E-state index contributed by atoms with van der Waals surface area (Å²) in [5.41, 5.74) is 5.05. The summed E-state index contributed by atoms with van der Waals surface area (Å²) < 4.78 is 32.7. The zero-order chi connectivity index (χ0) is 35.3. The topological polar surface area (TPSA) is 177 Å². The number of nitrogens with one attached hydrogen (secondary N) is 3. The first-order valence-corrected chi connectivity index (χ1v) is 16.0. The summed E-state index contributed by atoms with van der Waals surface area (Å²) in [7, 11) is 0. The number of nitrogens with two attached hydrogens (primary N) is 1. The molecule has 1 saturated carbocycles. The first-order chi connectivity index (χ1) is 21.8. The minimum atomic E-state index is -3.00. The second-order valence-corrected chi connectivity index (χ2v) is 13.9. The molecule has 0 bridgehead atoms. The van der Waals surface area contributed by atoms with E-state index in [0.29, 0.717) is 6.42 Å². The van der Waals surface area contributed by atoms with E-state index in [-0.39, 0.29) is 31.4 Å². The van der Waals surface area contributed by atoms with Crippen LogP contribution in [-0.4, -0.2) is 77.0 Å². The van der Waals surface area contributed by atoms with Gasteiger partial charge in [-0.3, -0.25) is 19.2 Å². The Morgan fingerprint density at radius 3 is 2.17 bits per heavy atom. The summed E-state index contributed by atoms with van der Waals surface area (Å²) in [6.45, 7) is 10.7. The first kappa shape index (κ1) is 37.4. The van der Waals surface area contributed by atoms with Gasteiger partial charge in [0.05, 0.1) is 6.04 Å². The first-order valence-electron chi connectivity index (χ1n) is 16.0. The maximum absolute atomic E-state index is 14.1. The van der Waals surface area contributed by atoms with E-state index >= 15 is 0 Å². The van der Waals surface area contributed by atoms with Gasteiger partial charge in [0.25, 0.3) is 11.8 Å². The molecule has 0 radical (unpaired) electrons.